The second kappa shape index (κ2) is 7.21. The van der Waals surface area contributed by atoms with Gasteiger partial charge in [-0.1, -0.05) is 78.3 Å². The second-order valence-electron chi connectivity index (χ2n) is 8.29. The zero-order valence-corrected chi connectivity index (χ0v) is 19.1. The topological polar surface area (TPSA) is 13.1 Å². The molecule has 0 bridgehead atoms. The number of furan rings is 1. The van der Waals surface area contributed by atoms with E-state index in [0.29, 0.717) is 0 Å². The summed E-state index contributed by atoms with van der Waals surface area (Å²) in [6, 6.07) is 36.0. The molecule has 0 saturated heterocycles. The van der Waals surface area contributed by atoms with Gasteiger partial charge in [0.1, 0.15) is 11.2 Å². The Hall–Kier alpha value is -3.59. The van der Waals surface area contributed by atoms with Crippen LogP contribution in [0.1, 0.15) is 0 Å². The number of fused-ring (bicyclic) bond motifs is 6. The molecular formula is C30H17ClOS. The van der Waals surface area contributed by atoms with E-state index in [1.165, 1.54) is 31.5 Å². The van der Waals surface area contributed by atoms with Gasteiger partial charge in [-0.2, -0.15) is 0 Å². The molecule has 0 aliphatic heterocycles. The van der Waals surface area contributed by atoms with E-state index in [4.69, 9.17) is 16.0 Å². The fourth-order valence-corrected chi connectivity index (χ4v) is 6.37. The van der Waals surface area contributed by atoms with Crippen LogP contribution in [0.5, 0.6) is 0 Å². The molecule has 0 spiro atoms. The molecule has 0 N–H and O–H groups in total. The summed E-state index contributed by atoms with van der Waals surface area (Å²) in [5.74, 6) is 0. The van der Waals surface area contributed by atoms with Crippen LogP contribution in [0.4, 0.5) is 0 Å². The van der Waals surface area contributed by atoms with Gasteiger partial charge in [0.25, 0.3) is 0 Å². The van der Waals surface area contributed by atoms with Crippen molar-refractivity contribution in [2.75, 3.05) is 0 Å². The largest absolute Gasteiger partial charge is 0.456 e. The molecule has 7 aromatic rings. The molecule has 2 heterocycles. The van der Waals surface area contributed by atoms with Gasteiger partial charge in [-0.25, -0.2) is 0 Å². The number of rotatable bonds is 2. The molecule has 0 atom stereocenters. The standard InChI is InChI=1S/C30H17ClOS/c31-25-15-14-21(30-29(25)24-9-2-4-11-28(24)33-30)20-7-5-6-18(16-20)19-12-13-23-22-8-1-3-10-26(22)32-27(23)17-19/h1-17H. The minimum atomic E-state index is 0.803. The molecular weight excluding hydrogens is 444 g/mol. The Morgan fingerprint density at radius 3 is 2.27 bits per heavy atom. The maximum atomic E-state index is 6.65. The molecule has 0 unspecified atom stereocenters. The van der Waals surface area contributed by atoms with Crippen molar-refractivity contribution in [1.29, 1.82) is 0 Å². The van der Waals surface area contributed by atoms with Crippen molar-refractivity contribution in [3.8, 4) is 22.3 Å². The lowest BCUT2D eigenvalue weighted by Crippen LogP contribution is -1.83. The van der Waals surface area contributed by atoms with Crippen molar-refractivity contribution in [2.45, 2.75) is 0 Å². The van der Waals surface area contributed by atoms with Gasteiger partial charge in [-0.15, -0.1) is 11.3 Å². The fraction of sp³-hybridized carbons (Fsp3) is 0. The lowest BCUT2D eigenvalue weighted by Gasteiger charge is -2.08. The number of thiophene rings is 1. The van der Waals surface area contributed by atoms with Crippen LogP contribution in [0.3, 0.4) is 0 Å². The van der Waals surface area contributed by atoms with E-state index < -0.39 is 0 Å². The molecule has 5 aromatic carbocycles. The highest BCUT2D eigenvalue weighted by atomic mass is 35.5. The Bertz CT molecular complexity index is 1840. The maximum Gasteiger partial charge on any atom is 0.136 e. The van der Waals surface area contributed by atoms with E-state index >= 15 is 0 Å². The third kappa shape index (κ3) is 2.92. The quantitative estimate of drug-likeness (QED) is 0.250. The monoisotopic (exact) mass is 460 g/mol. The van der Waals surface area contributed by atoms with Crippen molar-refractivity contribution < 1.29 is 4.42 Å². The Morgan fingerprint density at radius 2 is 1.33 bits per heavy atom. The molecule has 156 valence electrons. The van der Waals surface area contributed by atoms with Gasteiger partial charge in [-0.05, 0) is 58.7 Å². The van der Waals surface area contributed by atoms with Crippen molar-refractivity contribution in [2.24, 2.45) is 0 Å². The van der Waals surface area contributed by atoms with E-state index in [-0.39, 0.29) is 0 Å². The third-order valence-electron chi connectivity index (χ3n) is 6.36. The first kappa shape index (κ1) is 18.9. The molecule has 0 radical (unpaired) electrons. The molecule has 1 nitrogen and oxygen atoms in total. The smallest absolute Gasteiger partial charge is 0.136 e. The predicted octanol–water partition coefficient (Wildman–Crippen LogP) is 9.94. The highest BCUT2D eigenvalue weighted by Gasteiger charge is 2.14. The molecule has 0 amide bonds. The first-order valence-corrected chi connectivity index (χ1v) is 12.1. The highest BCUT2D eigenvalue weighted by molar-refractivity contribution is 7.26. The van der Waals surface area contributed by atoms with Crippen molar-refractivity contribution >= 4 is 65.0 Å². The van der Waals surface area contributed by atoms with Crippen LogP contribution in [0.2, 0.25) is 5.02 Å². The van der Waals surface area contributed by atoms with Crippen molar-refractivity contribution in [3.05, 3.63) is 108 Å². The molecule has 2 aromatic heterocycles. The summed E-state index contributed by atoms with van der Waals surface area (Å²) >= 11 is 8.45. The van der Waals surface area contributed by atoms with Crippen molar-refractivity contribution in [1.82, 2.24) is 0 Å². The van der Waals surface area contributed by atoms with E-state index in [1.54, 1.807) is 11.3 Å². The molecule has 33 heavy (non-hydrogen) atoms. The minimum absolute atomic E-state index is 0.803. The Labute approximate surface area is 199 Å². The highest BCUT2D eigenvalue weighted by Crippen LogP contribution is 2.44. The Balaban J connectivity index is 1.40. The zero-order valence-electron chi connectivity index (χ0n) is 17.5. The lowest BCUT2D eigenvalue weighted by atomic mass is 9.97. The van der Waals surface area contributed by atoms with Gasteiger partial charge in [0.15, 0.2) is 0 Å². The summed E-state index contributed by atoms with van der Waals surface area (Å²) in [7, 11) is 0. The summed E-state index contributed by atoms with van der Waals surface area (Å²) in [5, 5.41) is 5.47. The van der Waals surface area contributed by atoms with Crippen LogP contribution < -0.4 is 0 Å². The van der Waals surface area contributed by atoms with E-state index in [1.807, 2.05) is 18.2 Å². The predicted molar refractivity (Wildman–Crippen MR) is 142 cm³/mol. The lowest BCUT2D eigenvalue weighted by molar-refractivity contribution is 0.669. The van der Waals surface area contributed by atoms with Gasteiger partial charge >= 0.3 is 0 Å². The second-order valence-corrected chi connectivity index (χ2v) is 9.75. The summed E-state index contributed by atoms with van der Waals surface area (Å²) in [4.78, 5) is 0. The van der Waals surface area contributed by atoms with Crippen LogP contribution in [-0.4, -0.2) is 0 Å². The van der Waals surface area contributed by atoms with Crippen LogP contribution in [0.25, 0.3) is 64.4 Å². The number of benzene rings is 5. The van der Waals surface area contributed by atoms with Gasteiger partial charge in [0, 0.05) is 36.0 Å². The van der Waals surface area contributed by atoms with Gasteiger partial charge in [-0.3, -0.25) is 0 Å². The first-order chi connectivity index (χ1) is 16.3. The minimum Gasteiger partial charge on any atom is -0.456 e. The van der Waals surface area contributed by atoms with Crippen LogP contribution in [0, 0.1) is 0 Å². The number of hydrogen-bond acceptors (Lipinski definition) is 2. The van der Waals surface area contributed by atoms with Crippen LogP contribution in [-0.2, 0) is 0 Å². The number of halogens is 1. The first-order valence-electron chi connectivity index (χ1n) is 10.9. The third-order valence-corrected chi connectivity index (χ3v) is 7.88. The SMILES string of the molecule is Clc1ccc(-c2cccc(-c3ccc4c(c3)oc3ccccc34)c2)c2sc3ccccc3c12. The van der Waals surface area contributed by atoms with Gasteiger partial charge in [0.2, 0.25) is 0 Å². The molecule has 0 fully saturated rings. The van der Waals surface area contributed by atoms with E-state index in [9.17, 15) is 0 Å². The summed E-state index contributed by atoms with van der Waals surface area (Å²) in [6.07, 6.45) is 0. The van der Waals surface area contributed by atoms with Crippen molar-refractivity contribution in [3.63, 3.8) is 0 Å². The van der Waals surface area contributed by atoms with Crippen LogP contribution in [0.15, 0.2) is 108 Å². The average Bonchev–Trinajstić information content (AvgIpc) is 3.43. The van der Waals surface area contributed by atoms with E-state index in [2.05, 4.69) is 84.9 Å². The molecule has 3 heteroatoms. The summed E-state index contributed by atoms with van der Waals surface area (Å²) in [6.45, 7) is 0. The molecule has 0 aliphatic rings. The summed E-state index contributed by atoms with van der Waals surface area (Å²) in [5.41, 5.74) is 6.54. The molecule has 0 saturated carbocycles. The van der Waals surface area contributed by atoms with Crippen LogP contribution >= 0.6 is 22.9 Å². The molecule has 0 aliphatic carbocycles. The van der Waals surface area contributed by atoms with Gasteiger partial charge in [0.05, 0.1) is 0 Å². The average molecular weight is 461 g/mol. The summed E-state index contributed by atoms with van der Waals surface area (Å²) < 4.78 is 8.61. The fourth-order valence-electron chi connectivity index (χ4n) is 4.79. The van der Waals surface area contributed by atoms with Gasteiger partial charge < -0.3 is 4.42 Å². The zero-order chi connectivity index (χ0) is 21.9. The van der Waals surface area contributed by atoms with E-state index in [0.717, 1.165) is 37.9 Å². The normalized spacial score (nSPS) is 11.8. The maximum absolute atomic E-state index is 6.65. The Kier molecular flexibility index (Phi) is 4.14. The number of para-hydroxylation sites is 1. The number of hydrogen-bond donors (Lipinski definition) is 0. The Morgan fingerprint density at radius 1 is 0.576 bits per heavy atom. The molecule has 7 rings (SSSR count).